The standard InChI is InChI=1S/C16H23FNO3P/c1-13(2)10-20-22(19,21-11-14(3)4)16(17,12-18)15-8-6-5-7-9-15/h5-9,13-14H,10-11H2,1-4H3. The van der Waals surface area contributed by atoms with Crippen LogP contribution in [0.15, 0.2) is 30.3 Å². The fourth-order valence-electron chi connectivity index (χ4n) is 1.65. The number of hydrogen-bond acceptors (Lipinski definition) is 4. The Balaban J connectivity index is 3.21. The first-order valence-corrected chi connectivity index (χ1v) is 8.84. The first kappa shape index (κ1) is 18.8. The molecule has 1 unspecified atom stereocenters. The molecule has 0 saturated carbocycles. The summed E-state index contributed by atoms with van der Waals surface area (Å²) in [6.45, 7) is 7.50. The second-order valence-corrected chi connectivity index (χ2v) is 8.10. The number of hydrogen-bond donors (Lipinski definition) is 0. The van der Waals surface area contributed by atoms with Crippen LogP contribution in [-0.4, -0.2) is 13.2 Å². The van der Waals surface area contributed by atoms with Gasteiger partial charge in [0.2, 0.25) is 0 Å². The lowest BCUT2D eigenvalue weighted by Crippen LogP contribution is -2.23. The van der Waals surface area contributed by atoms with E-state index in [0.29, 0.717) is 0 Å². The van der Waals surface area contributed by atoms with E-state index < -0.39 is 13.0 Å². The van der Waals surface area contributed by atoms with Crippen molar-refractivity contribution < 1.29 is 18.0 Å². The molecule has 0 heterocycles. The highest BCUT2D eigenvalue weighted by Gasteiger charge is 2.54. The summed E-state index contributed by atoms with van der Waals surface area (Å²) in [6.07, 6.45) is 0. The number of nitriles is 1. The molecule has 0 aromatic heterocycles. The van der Waals surface area contributed by atoms with E-state index in [-0.39, 0.29) is 30.6 Å². The molecule has 22 heavy (non-hydrogen) atoms. The average molecular weight is 327 g/mol. The third kappa shape index (κ3) is 4.39. The zero-order chi connectivity index (χ0) is 16.8. The Bertz CT molecular complexity index is 540. The third-order valence-corrected chi connectivity index (χ3v) is 4.93. The molecular weight excluding hydrogens is 304 g/mol. The van der Waals surface area contributed by atoms with Gasteiger partial charge in [-0.25, -0.2) is 4.39 Å². The fraction of sp³-hybridized carbons (Fsp3) is 0.562. The number of rotatable bonds is 8. The predicted octanol–water partition coefficient (Wildman–Crippen LogP) is 4.87. The molecule has 0 aliphatic rings. The topological polar surface area (TPSA) is 59.3 Å². The summed E-state index contributed by atoms with van der Waals surface area (Å²) in [4.78, 5) is 0. The van der Waals surface area contributed by atoms with Crippen LogP contribution in [0.2, 0.25) is 0 Å². The Hall–Kier alpha value is -1.21. The second-order valence-electron chi connectivity index (χ2n) is 5.98. The minimum atomic E-state index is -4.30. The summed E-state index contributed by atoms with van der Waals surface area (Å²) in [5.74, 6) is 0.0735. The van der Waals surface area contributed by atoms with Gasteiger partial charge in [-0.3, -0.25) is 4.57 Å². The molecule has 0 bridgehead atoms. The minimum Gasteiger partial charge on any atom is -0.305 e. The monoisotopic (exact) mass is 327 g/mol. The number of nitrogens with zero attached hydrogens (tertiary/aromatic N) is 1. The molecule has 0 aliphatic carbocycles. The van der Waals surface area contributed by atoms with Gasteiger partial charge < -0.3 is 9.05 Å². The van der Waals surface area contributed by atoms with Gasteiger partial charge in [-0.1, -0.05) is 58.0 Å². The highest BCUT2D eigenvalue weighted by molar-refractivity contribution is 7.55. The summed E-state index contributed by atoms with van der Waals surface area (Å²) < 4.78 is 38.9. The van der Waals surface area contributed by atoms with Crippen molar-refractivity contribution >= 4 is 7.60 Å². The highest BCUT2D eigenvalue weighted by Crippen LogP contribution is 2.66. The van der Waals surface area contributed by atoms with Crippen LogP contribution in [0.1, 0.15) is 33.3 Å². The van der Waals surface area contributed by atoms with Gasteiger partial charge >= 0.3 is 13.0 Å². The van der Waals surface area contributed by atoms with Crippen molar-refractivity contribution in [2.45, 2.75) is 33.1 Å². The van der Waals surface area contributed by atoms with Crippen LogP contribution >= 0.6 is 7.60 Å². The maximum atomic E-state index is 15.3. The molecule has 0 spiro atoms. The van der Waals surface area contributed by atoms with Crippen molar-refractivity contribution in [2.75, 3.05) is 13.2 Å². The van der Waals surface area contributed by atoms with E-state index >= 15 is 4.39 Å². The maximum absolute atomic E-state index is 15.3. The van der Waals surface area contributed by atoms with Crippen LogP contribution in [-0.2, 0) is 19.0 Å². The molecule has 1 aromatic rings. The van der Waals surface area contributed by atoms with E-state index in [0.717, 1.165) is 0 Å². The molecule has 0 saturated heterocycles. The molecular formula is C16H23FNO3P. The summed E-state index contributed by atoms with van der Waals surface area (Å²) in [7, 11) is -4.30. The lowest BCUT2D eigenvalue weighted by molar-refractivity contribution is 0.135. The summed E-state index contributed by atoms with van der Waals surface area (Å²) >= 11 is 0. The van der Waals surface area contributed by atoms with Crippen LogP contribution < -0.4 is 0 Å². The molecule has 0 N–H and O–H groups in total. The van der Waals surface area contributed by atoms with Gasteiger partial charge in [0.1, 0.15) is 6.07 Å². The van der Waals surface area contributed by atoms with Gasteiger partial charge in [-0.15, -0.1) is 0 Å². The Kier molecular flexibility index (Phi) is 6.74. The second kappa shape index (κ2) is 7.87. The summed E-state index contributed by atoms with van der Waals surface area (Å²) in [5.41, 5.74) is -0.0201. The molecule has 0 amide bonds. The van der Waals surface area contributed by atoms with Gasteiger partial charge in [0.15, 0.2) is 0 Å². The van der Waals surface area contributed by atoms with Crippen LogP contribution in [0.4, 0.5) is 4.39 Å². The largest absolute Gasteiger partial charge is 0.386 e. The Morgan fingerprint density at radius 3 is 1.95 bits per heavy atom. The van der Waals surface area contributed by atoms with E-state index in [1.807, 2.05) is 27.7 Å². The first-order valence-electron chi connectivity index (χ1n) is 7.30. The molecule has 0 aliphatic heterocycles. The molecule has 0 radical (unpaired) electrons. The van der Waals surface area contributed by atoms with Gasteiger partial charge in [0.25, 0.3) is 0 Å². The number of benzene rings is 1. The number of halogens is 1. The van der Waals surface area contributed by atoms with Crippen molar-refractivity contribution in [2.24, 2.45) is 11.8 Å². The minimum absolute atomic E-state index is 0.0201. The van der Waals surface area contributed by atoms with Crippen LogP contribution in [0, 0.1) is 23.2 Å². The van der Waals surface area contributed by atoms with E-state index in [9.17, 15) is 9.83 Å². The molecule has 1 aromatic carbocycles. The number of alkyl halides is 1. The highest BCUT2D eigenvalue weighted by atomic mass is 31.2. The zero-order valence-electron chi connectivity index (χ0n) is 13.5. The third-order valence-electron chi connectivity index (χ3n) is 2.84. The Morgan fingerprint density at radius 2 is 1.59 bits per heavy atom. The van der Waals surface area contributed by atoms with E-state index in [2.05, 4.69) is 0 Å². The predicted molar refractivity (Wildman–Crippen MR) is 84.0 cm³/mol. The van der Waals surface area contributed by atoms with Crippen LogP contribution in [0.3, 0.4) is 0 Å². The van der Waals surface area contributed by atoms with Crippen molar-refractivity contribution in [1.29, 1.82) is 5.26 Å². The zero-order valence-corrected chi connectivity index (χ0v) is 14.3. The molecule has 122 valence electrons. The van der Waals surface area contributed by atoms with Crippen LogP contribution in [0.5, 0.6) is 0 Å². The van der Waals surface area contributed by atoms with Gasteiger partial charge in [-0.2, -0.15) is 5.26 Å². The lowest BCUT2D eigenvalue weighted by Gasteiger charge is -2.29. The average Bonchev–Trinajstić information content (AvgIpc) is 2.50. The molecule has 0 fully saturated rings. The summed E-state index contributed by atoms with van der Waals surface area (Å²) in [5, 5.41) is 6.53. The van der Waals surface area contributed by atoms with Gasteiger partial charge in [0.05, 0.1) is 13.2 Å². The van der Waals surface area contributed by atoms with Gasteiger partial charge in [-0.05, 0) is 11.8 Å². The Labute approximate surface area is 131 Å². The van der Waals surface area contributed by atoms with Crippen molar-refractivity contribution in [3.8, 4) is 6.07 Å². The smallest absolute Gasteiger partial charge is 0.305 e. The molecule has 4 nitrogen and oxygen atoms in total. The fourth-order valence-corrected chi connectivity index (χ4v) is 3.66. The normalized spacial score (nSPS) is 14.8. The summed E-state index contributed by atoms with van der Waals surface area (Å²) in [6, 6.07) is 9.17. The van der Waals surface area contributed by atoms with E-state index in [1.165, 1.54) is 18.2 Å². The molecule has 6 heteroatoms. The van der Waals surface area contributed by atoms with Crippen molar-refractivity contribution in [1.82, 2.24) is 0 Å². The SMILES string of the molecule is CC(C)COP(=O)(OCC(C)C)C(F)(C#N)c1ccccc1. The molecule has 1 rings (SSSR count). The lowest BCUT2D eigenvalue weighted by atomic mass is 10.1. The first-order chi connectivity index (χ1) is 10.2. The van der Waals surface area contributed by atoms with Crippen molar-refractivity contribution in [3.05, 3.63) is 35.9 Å². The quantitative estimate of drug-likeness (QED) is 0.639. The molecule has 1 atom stereocenters. The van der Waals surface area contributed by atoms with Crippen LogP contribution in [0.25, 0.3) is 0 Å². The van der Waals surface area contributed by atoms with Crippen molar-refractivity contribution in [3.63, 3.8) is 0 Å². The van der Waals surface area contributed by atoms with Gasteiger partial charge in [0, 0.05) is 5.56 Å². The van der Waals surface area contributed by atoms with E-state index in [1.54, 1.807) is 18.2 Å². The Morgan fingerprint density at radius 1 is 1.14 bits per heavy atom. The maximum Gasteiger partial charge on any atom is 0.386 e. The van der Waals surface area contributed by atoms with E-state index in [4.69, 9.17) is 9.05 Å².